The van der Waals surface area contributed by atoms with Crippen molar-refractivity contribution in [1.82, 2.24) is 9.62 Å². The number of ether oxygens (including phenoxy) is 2. The van der Waals surface area contributed by atoms with E-state index in [4.69, 9.17) is 9.47 Å². The highest BCUT2D eigenvalue weighted by atomic mass is 32.2. The van der Waals surface area contributed by atoms with Crippen molar-refractivity contribution < 1.29 is 22.3 Å². The van der Waals surface area contributed by atoms with Crippen molar-refractivity contribution in [1.29, 1.82) is 0 Å². The summed E-state index contributed by atoms with van der Waals surface area (Å²) >= 11 is 0. The molecule has 0 aliphatic carbocycles. The highest BCUT2D eigenvalue weighted by molar-refractivity contribution is 7.89. The first-order valence-corrected chi connectivity index (χ1v) is 8.47. The summed E-state index contributed by atoms with van der Waals surface area (Å²) < 4.78 is 51.0. The molecule has 2 rings (SSSR count). The van der Waals surface area contributed by atoms with Crippen molar-refractivity contribution in [3.05, 3.63) is 17.9 Å². The number of nitrogens with zero attached hydrogens (tertiary/aromatic N) is 1. The molecule has 1 aromatic carbocycles. The number of piperidine rings is 1. The minimum atomic E-state index is -3.91. The van der Waals surface area contributed by atoms with Crippen LogP contribution in [-0.4, -0.2) is 53.1 Å². The van der Waals surface area contributed by atoms with Crippen LogP contribution in [0.4, 0.5) is 4.39 Å². The number of likely N-dealkylation sites (N-methyl/N-ethyl adjacent to an activating group) is 1. The van der Waals surface area contributed by atoms with Crippen molar-refractivity contribution in [2.45, 2.75) is 23.8 Å². The molecule has 1 aromatic rings. The van der Waals surface area contributed by atoms with E-state index in [1.807, 2.05) is 0 Å². The van der Waals surface area contributed by atoms with Gasteiger partial charge in [0.15, 0.2) is 11.5 Å². The van der Waals surface area contributed by atoms with E-state index in [2.05, 4.69) is 5.32 Å². The molecule has 1 aliphatic rings. The van der Waals surface area contributed by atoms with Gasteiger partial charge in [-0.3, -0.25) is 0 Å². The summed E-state index contributed by atoms with van der Waals surface area (Å²) in [6.07, 6.45) is 1.64. The van der Waals surface area contributed by atoms with E-state index in [0.29, 0.717) is 13.1 Å². The zero-order chi connectivity index (χ0) is 16.3. The molecule has 0 radical (unpaired) electrons. The molecule has 0 aromatic heterocycles. The third-order valence-corrected chi connectivity index (χ3v) is 5.73. The Morgan fingerprint density at radius 2 is 1.91 bits per heavy atom. The summed E-state index contributed by atoms with van der Waals surface area (Å²) in [6.45, 7) is 0.709. The Balaban J connectivity index is 2.40. The van der Waals surface area contributed by atoms with E-state index in [-0.39, 0.29) is 22.4 Å². The first-order valence-electron chi connectivity index (χ1n) is 7.03. The smallest absolute Gasteiger partial charge is 0.246 e. The van der Waals surface area contributed by atoms with Crippen LogP contribution in [0.15, 0.2) is 17.0 Å². The molecule has 8 heteroatoms. The lowest BCUT2D eigenvalue weighted by Gasteiger charge is -2.31. The molecule has 1 fully saturated rings. The van der Waals surface area contributed by atoms with Gasteiger partial charge in [-0.1, -0.05) is 0 Å². The topological polar surface area (TPSA) is 67.9 Å². The minimum absolute atomic E-state index is 0.0757. The number of hydrogen-bond acceptors (Lipinski definition) is 5. The van der Waals surface area contributed by atoms with E-state index >= 15 is 0 Å². The molecule has 6 nitrogen and oxygen atoms in total. The maximum Gasteiger partial charge on any atom is 0.246 e. The fourth-order valence-corrected chi connectivity index (χ4v) is 4.15. The molecular formula is C14H21FN2O4S. The van der Waals surface area contributed by atoms with Gasteiger partial charge >= 0.3 is 0 Å². The Morgan fingerprint density at radius 1 is 1.27 bits per heavy atom. The molecule has 0 amide bonds. The summed E-state index contributed by atoms with van der Waals surface area (Å²) in [5.74, 6) is -0.500. The average molecular weight is 332 g/mol. The zero-order valence-corrected chi connectivity index (χ0v) is 13.7. The molecular weight excluding hydrogens is 311 g/mol. The van der Waals surface area contributed by atoms with E-state index in [9.17, 15) is 12.8 Å². The third-order valence-electron chi connectivity index (χ3n) is 3.85. The Morgan fingerprint density at radius 3 is 2.50 bits per heavy atom. The summed E-state index contributed by atoms with van der Waals surface area (Å²) in [5, 5.41) is 3.07. The van der Waals surface area contributed by atoms with Crippen LogP contribution < -0.4 is 14.8 Å². The van der Waals surface area contributed by atoms with Crippen molar-refractivity contribution in [2.75, 3.05) is 34.4 Å². The highest BCUT2D eigenvalue weighted by Gasteiger charge is 2.32. The van der Waals surface area contributed by atoms with Crippen molar-refractivity contribution in [3.8, 4) is 11.5 Å². The molecule has 1 atom stereocenters. The van der Waals surface area contributed by atoms with Crippen molar-refractivity contribution in [2.24, 2.45) is 0 Å². The van der Waals surface area contributed by atoms with Gasteiger partial charge < -0.3 is 14.8 Å². The van der Waals surface area contributed by atoms with Crippen LogP contribution in [0.25, 0.3) is 0 Å². The fraction of sp³-hybridized carbons (Fsp3) is 0.571. The van der Waals surface area contributed by atoms with Gasteiger partial charge in [0.05, 0.1) is 14.2 Å². The second kappa shape index (κ2) is 6.80. The van der Waals surface area contributed by atoms with Gasteiger partial charge in [0.2, 0.25) is 10.0 Å². The highest BCUT2D eigenvalue weighted by Crippen LogP contribution is 2.33. The maximum absolute atomic E-state index is 14.2. The predicted molar refractivity (Wildman–Crippen MR) is 80.3 cm³/mol. The number of methoxy groups -OCH3 is 2. The number of rotatable bonds is 5. The standard InChI is InChI=1S/C14H21FN2O4S/c1-16-10-5-4-6-17(9-10)22(18,19)14-8-13(21-3)12(20-2)7-11(14)15/h7-8,10,16H,4-6,9H2,1-3H3/t10-/m0/s1. The van der Waals surface area contributed by atoms with E-state index < -0.39 is 15.8 Å². The summed E-state index contributed by atoms with van der Waals surface area (Å²) in [6, 6.07) is 2.28. The van der Waals surface area contributed by atoms with Crippen molar-refractivity contribution >= 4 is 10.0 Å². The molecule has 1 N–H and O–H groups in total. The van der Waals surface area contributed by atoms with Crippen LogP contribution in [0.3, 0.4) is 0 Å². The number of halogens is 1. The van der Waals surface area contributed by atoms with E-state index in [1.54, 1.807) is 7.05 Å². The van der Waals surface area contributed by atoms with Gasteiger partial charge in [-0.25, -0.2) is 12.8 Å². The normalized spacial score (nSPS) is 19.9. The van der Waals surface area contributed by atoms with Gasteiger partial charge in [0.25, 0.3) is 0 Å². The molecule has 0 saturated carbocycles. The first-order chi connectivity index (χ1) is 10.4. The lowest BCUT2D eigenvalue weighted by Crippen LogP contribution is -2.47. The number of hydrogen-bond donors (Lipinski definition) is 1. The molecule has 0 spiro atoms. The predicted octanol–water partition coefficient (Wildman–Crippen LogP) is 1.22. The number of benzene rings is 1. The largest absolute Gasteiger partial charge is 0.493 e. The maximum atomic E-state index is 14.2. The van der Waals surface area contributed by atoms with Gasteiger partial charge in [-0.2, -0.15) is 4.31 Å². The van der Waals surface area contributed by atoms with Crippen LogP contribution in [0.5, 0.6) is 11.5 Å². The lowest BCUT2D eigenvalue weighted by molar-refractivity contribution is 0.291. The van der Waals surface area contributed by atoms with E-state index in [0.717, 1.165) is 18.9 Å². The fourth-order valence-electron chi connectivity index (χ4n) is 2.57. The summed E-state index contributed by atoms with van der Waals surface area (Å²) in [7, 11) is 0.627. The van der Waals surface area contributed by atoms with Crippen LogP contribution in [0.2, 0.25) is 0 Å². The monoisotopic (exact) mass is 332 g/mol. The Bertz CT molecular complexity index is 636. The molecule has 0 unspecified atom stereocenters. The number of nitrogens with one attached hydrogen (secondary N) is 1. The zero-order valence-electron chi connectivity index (χ0n) is 12.9. The minimum Gasteiger partial charge on any atom is -0.493 e. The Labute approximate surface area is 130 Å². The summed E-state index contributed by atoms with van der Waals surface area (Å²) in [4.78, 5) is -0.387. The number of sulfonamides is 1. The van der Waals surface area contributed by atoms with Crippen LogP contribution >= 0.6 is 0 Å². The Hall–Kier alpha value is -1.38. The summed E-state index contributed by atoms with van der Waals surface area (Å²) in [5.41, 5.74) is 0. The lowest BCUT2D eigenvalue weighted by atomic mass is 10.1. The van der Waals surface area contributed by atoms with E-state index in [1.165, 1.54) is 24.6 Å². The third kappa shape index (κ3) is 3.18. The molecule has 1 saturated heterocycles. The van der Waals surface area contributed by atoms with Gasteiger partial charge in [-0.05, 0) is 19.9 Å². The second-order valence-corrected chi connectivity index (χ2v) is 7.03. The van der Waals surface area contributed by atoms with Gasteiger partial charge in [-0.15, -0.1) is 0 Å². The SMILES string of the molecule is CN[C@H]1CCCN(S(=O)(=O)c2cc(OC)c(OC)cc2F)C1. The average Bonchev–Trinajstić information content (AvgIpc) is 2.54. The molecule has 1 aliphatic heterocycles. The van der Waals surface area contributed by atoms with Crippen LogP contribution in [-0.2, 0) is 10.0 Å². The second-order valence-electron chi connectivity index (χ2n) is 5.13. The van der Waals surface area contributed by atoms with Crippen LogP contribution in [0.1, 0.15) is 12.8 Å². The van der Waals surface area contributed by atoms with Gasteiger partial charge in [0.1, 0.15) is 10.7 Å². The first kappa shape index (κ1) is 17.0. The van der Waals surface area contributed by atoms with Crippen LogP contribution in [0, 0.1) is 5.82 Å². The molecule has 1 heterocycles. The molecule has 124 valence electrons. The van der Waals surface area contributed by atoms with Crippen molar-refractivity contribution in [3.63, 3.8) is 0 Å². The molecule has 22 heavy (non-hydrogen) atoms. The quantitative estimate of drug-likeness (QED) is 0.878. The molecule has 0 bridgehead atoms. The van der Waals surface area contributed by atoms with Gasteiger partial charge in [0, 0.05) is 31.3 Å². The Kier molecular flexibility index (Phi) is 5.25.